The summed E-state index contributed by atoms with van der Waals surface area (Å²) in [4.78, 5) is 3.87. The van der Waals surface area contributed by atoms with Crippen molar-refractivity contribution < 1.29 is 13.2 Å². The average molecular weight is 265 g/mol. The van der Waals surface area contributed by atoms with Crippen molar-refractivity contribution in [3.8, 4) is 0 Å². The van der Waals surface area contributed by atoms with E-state index in [0.29, 0.717) is 18.9 Å². The summed E-state index contributed by atoms with van der Waals surface area (Å²) in [7, 11) is -3.50. The molecule has 0 amide bonds. The SMILES string of the molecule is CCOCCNS(=O)(=O)c1sc(N)nc1C. The van der Waals surface area contributed by atoms with Crippen LogP contribution in [0.5, 0.6) is 0 Å². The monoisotopic (exact) mass is 265 g/mol. The molecular formula is C8H15N3O3S2. The molecule has 1 heterocycles. The van der Waals surface area contributed by atoms with Gasteiger partial charge in [-0.2, -0.15) is 0 Å². The van der Waals surface area contributed by atoms with Gasteiger partial charge >= 0.3 is 0 Å². The molecule has 0 fully saturated rings. The number of nitrogens with two attached hydrogens (primary N) is 1. The lowest BCUT2D eigenvalue weighted by atomic mass is 10.6. The van der Waals surface area contributed by atoms with Crippen molar-refractivity contribution in [2.24, 2.45) is 0 Å². The molecular weight excluding hydrogens is 250 g/mol. The Bertz CT molecular complexity index is 441. The van der Waals surface area contributed by atoms with Gasteiger partial charge in [-0.25, -0.2) is 18.1 Å². The molecule has 6 nitrogen and oxygen atoms in total. The largest absolute Gasteiger partial charge is 0.380 e. The van der Waals surface area contributed by atoms with E-state index in [1.165, 1.54) is 0 Å². The van der Waals surface area contributed by atoms with E-state index >= 15 is 0 Å². The number of hydrogen-bond donors (Lipinski definition) is 2. The molecule has 0 spiro atoms. The van der Waals surface area contributed by atoms with E-state index in [-0.39, 0.29) is 15.9 Å². The predicted molar refractivity (Wildman–Crippen MR) is 62.9 cm³/mol. The number of aryl methyl sites for hydroxylation is 1. The van der Waals surface area contributed by atoms with Crippen molar-refractivity contribution in [3.63, 3.8) is 0 Å². The molecule has 8 heteroatoms. The van der Waals surface area contributed by atoms with Crippen LogP contribution in [0.2, 0.25) is 0 Å². The Balaban J connectivity index is 2.67. The smallest absolute Gasteiger partial charge is 0.252 e. The summed E-state index contributed by atoms with van der Waals surface area (Å²) < 4.78 is 31.2. The Labute approximate surface area is 98.9 Å². The van der Waals surface area contributed by atoms with Crippen LogP contribution in [0.15, 0.2) is 4.21 Å². The summed E-state index contributed by atoms with van der Waals surface area (Å²) in [5.41, 5.74) is 5.87. The molecule has 1 aromatic heterocycles. The van der Waals surface area contributed by atoms with Crippen LogP contribution in [-0.4, -0.2) is 33.2 Å². The van der Waals surface area contributed by atoms with Crippen LogP contribution in [-0.2, 0) is 14.8 Å². The maximum atomic E-state index is 11.8. The second-order valence-corrected chi connectivity index (χ2v) is 6.01. The molecule has 0 aliphatic rings. The summed E-state index contributed by atoms with van der Waals surface area (Å²) >= 11 is 0.960. The van der Waals surface area contributed by atoms with Gasteiger partial charge in [0.1, 0.15) is 0 Å². The van der Waals surface area contributed by atoms with Crippen molar-refractivity contribution in [3.05, 3.63) is 5.69 Å². The Kier molecular flexibility index (Phi) is 4.66. The number of anilines is 1. The molecule has 0 atom stereocenters. The van der Waals surface area contributed by atoms with Crippen LogP contribution in [0, 0.1) is 6.92 Å². The molecule has 1 aromatic rings. The van der Waals surface area contributed by atoms with Crippen LogP contribution in [0.4, 0.5) is 5.13 Å². The lowest BCUT2D eigenvalue weighted by molar-refractivity contribution is 0.153. The number of nitrogens with zero attached hydrogens (tertiary/aromatic N) is 1. The summed E-state index contributed by atoms with van der Waals surface area (Å²) in [6.07, 6.45) is 0. The quantitative estimate of drug-likeness (QED) is 0.724. The second-order valence-electron chi connectivity index (χ2n) is 3.02. The first kappa shape index (κ1) is 13.4. The molecule has 16 heavy (non-hydrogen) atoms. The number of aromatic nitrogens is 1. The third kappa shape index (κ3) is 3.41. The number of hydrogen-bond acceptors (Lipinski definition) is 6. The standard InChI is InChI=1S/C8H15N3O3S2/c1-3-14-5-4-10-16(12,13)7-6(2)11-8(9)15-7/h10H,3-5H2,1-2H3,(H2,9,11). The van der Waals surface area contributed by atoms with Gasteiger partial charge in [0.2, 0.25) is 0 Å². The molecule has 0 aliphatic heterocycles. The highest BCUT2D eigenvalue weighted by Crippen LogP contribution is 2.24. The minimum atomic E-state index is -3.50. The summed E-state index contributed by atoms with van der Waals surface area (Å²) in [6, 6.07) is 0. The van der Waals surface area contributed by atoms with Gasteiger partial charge in [-0.05, 0) is 13.8 Å². The molecule has 0 radical (unpaired) electrons. The number of rotatable bonds is 6. The fraction of sp³-hybridized carbons (Fsp3) is 0.625. The fourth-order valence-electron chi connectivity index (χ4n) is 1.11. The normalized spacial score (nSPS) is 11.9. The van der Waals surface area contributed by atoms with E-state index in [0.717, 1.165) is 11.3 Å². The van der Waals surface area contributed by atoms with Gasteiger partial charge in [-0.1, -0.05) is 11.3 Å². The number of sulfonamides is 1. The lowest BCUT2D eigenvalue weighted by Gasteiger charge is -2.04. The molecule has 0 saturated carbocycles. The second kappa shape index (κ2) is 5.58. The summed E-state index contributed by atoms with van der Waals surface area (Å²) in [5.74, 6) is 0. The minimum absolute atomic E-state index is 0.168. The third-order valence-electron chi connectivity index (χ3n) is 1.76. The van der Waals surface area contributed by atoms with Crippen molar-refractivity contribution in [2.45, 2.75) is 18.1 Å². The minimum Gasteiger partial charge on any atom is -0.380 e. The van der Waals surface area contributed by atoms with E-state index in [4.69, 9.17) is 10.5 Å². The fourth-order valence-corrected chi connectivity index (χ4v) is 3.47. The van der Waals surface area contributed by atoms with Crippen LogP contribution >= 0.6 is 11.3 Å². The zero-order valence-electron chi connectivity index (χ0n) is 9.19. The van der Waals surface area contributed by atoms with Gasteiger partial charge in [0.05, 0.1) is 12.3 Å². The molecule has 0 unspecified atom stereocenters. The highest BCUT2D eigenvalue weighted by atomic mass is 32.2. The zero-order valence-corrected chi connectivity index (χ0v) is 10.8. The predicted octanol–water partition coefficient (Wildman–Crippen LogP) is 0.349. The number of nitrogen functional groups attached to an aromatic ring is 1. The Morgan fingerprint density at radius 1 is 1.56 bits per heavy atom. The van der Waals surface area contributed by atoms with Gasteiger partial charge in [-0.3, -0.25) is 0 Å². The summed E-state index contributed by atoms with van der Waals surface area (Å²) in [6.45, 7) is 4.62. The molecule has 3 N–H and O–H groups in total. The topological polar surface area (TPSA) is 94.3 Å². The van der Waals surface area contributed by atoms with E-state index in [1.54, 1.807) is 6.92 Å². The maximum absolute atomic E-state index is 11.8. The molecule has 0 aliphatic carbocycles. The first-order valence-electron chi connectivity index (χ1n) is 4.77. The third-order valence-corrected chi connectivity index (χ3v) is 4.81. The number of thiazole rings is 1. The van der Waals surface area contributed by atoms with Gasteiger partial charge < -0.3 is 10.5 Å². The van der Waals surface area contributed by atoms with Crippen molar-refractivity contribution >= 4 is 26.5 Å². The van der Waals surface area contributed by atoms with Gasteiger partial charge in [0, 0.05) is 13.2 Å². The van der Waals surface area contributed by atoms with Crippen molar-refractivity contribution in [1.29, 1.82) is 0 Å². The van der Waals surface area contributed by atoms with E-state index in [2.05, 4.69) is 9.71 Å². The molecule has 92 valence electrons. The molecule has 0 saturated heterocycles. The Morgan fingerprint density at radius 3 is 2.75 bits per heavy atom. The first-order valence-corrected chi connectivity index (χ1v) is 7.07. The van der Waals surface area contributed by atoms with E-state index in [9.17, 15) is 8.42 Å². The Hall–Kier alpha value is -0.700. The molecule has 0 aromatic carbocycles. The van der Waals surface area contributed by atoms with Gasteiger partial charge in [0.15, 0.2) is 9.34 Å². The highest BCUT2D eigenvalue weighted by Gasteiger charge is 2.20. The van der Waals surface area contributed by atoms with Gasteiger partial charge in [0.25, 0.3) is 10.0 Å². The van der Waals surface area contributed by atoms with E-state index in [1.807, 2.05) is 6.92 Å². The van der Waals surface area contributed by atoms with Gasteiger partial charge in [-0.15, -0.1) is 0 Å². The average Bonchev–Trinajstić information content (AvgIpc) is 2.53. The number of nitrogens with one attached hydrogen (secondary N) is 1. The highest BCUT2D eigenvalue weighted by molar-refractivity contribution is 7.91. The summed E-state index contributed by atoms with van der Waals surface area (Å²) in [5, 5.41) is 0.252. The van der Waals surface area contributed by atoms with Crippen molar-refractivity contribution in [1.82, 2.24) is 9.71 Å². The van der Waals surface area contributed by atoms with Crippen molar-refractivity contribution in [2.75, 3.05) is 25.5 Å². The Morgan fingerprint density at radius 2 is 2.25 bits per heavy atom. The lowest BCUT2D eigenvalue weighted by Crippen LogP contribution is -2.27. The van der Waals surface area contributed by atoms with Crippen LogP contribution < -0.4 is 10.5 Å². The molecule has 1 rings (SSSR count). The molecule has 0 bridgehead atoms. The number of ether oxygens (including phenoxy) is 1. The van der Waals surface area contributed by atoms with Crippen LogP contribution in [0.1, 0.15) is 12.6 Å². The first-order chi connectivity index (χ1) is 7.47. The van der Waals surface area contributed by atoms with Crippen LogP contribution in [0.3, 0.4) is 0 Å². The van der Waals surface area contributed by atoms with E-state index < -0.39 is 10.0 Å². The zero-order chi connectivity index (χ0) is 12.2. The van der Waals surface area contributed by atoms with Crippen LogP contribution in [0.25, 0.3) is 0 Å². The maximum Gasteiger partial charge on any atom is 0.252 e.